The smallest absolute Gasteiger partial charge is 0.308 e. The number of ether oxygens (including phenoxy) is 1. The summed E-state index contributed by atoms with van der Waals surface area (Å²) in [5, 5.41) is 11.2. The van der Waals surface area contributed by atoms with Crippen LogP contribution in [0.2, 0.25) is 0 Å². The van der Waals surface area contributed by atoms with Gasteiger partial charge in [-0.25, -0.2) is 0 Å². The van der Waals surface area contributed by atoms with E-state index in [1.54, 1.807) is 6.07 Å². The fourth-order valence-electron chi connectivity index (χ4n) is 1.26. The number of hydrogen-bond acceptors (Lipinski definition) is 3. The molecule has 18 heavy (non-hydrogen) atoms. The van der Waals surface area contributed by atoms with E-state index >= 15 is 0 Å². The zero-order chi connectivity index (χ0) is 13.5. The highest BCUT2D eigenvalue weighted by Gasteiger charge is 2.12. The van der Waals surface area contributed by atoms with E-state index in [9.17, 15) is 9.59 Å². The summed E-state index contributed by atoms with van der Waals surface area (Å²) in [5.41, 5.74) is 1.05. The second-order valence-corrected chi connectivity index (χ2v) is 4.15. The van der Waals surface area contributed by atoms with Gasteiger partial charge in [0.15, 0.2) is 6.61 Å². The molecule has 0 radical (unpaired) electrons. The van der Waals surface area contributed by atoms with Crippen LogP contribution in [0.1, 0.15) is 12.5 Å². The second-order valence-electron chi connectivity index (χ2n) is 4.15. The molecule has 2 N–H and O–H groups in total. The Morgan fingerprint density at radius 1 is 1.44 bits per heavy atom. The van der Waals surface area contributed by atoms with Gasteiger partial charge >= 0.3 is 5.97 Å². The van der Waals surface area contributed by atoms with E-state index in [0.717, 1.165) is 5.56 Å². The number of carbonyl (C=O) groups is 2. The molecule has 5 nitrogen and oxygen atoms in total. The first-order valence-electron chi connectivity index (χ1n) is 5.68. The predicted octanol–water partition coefficient (Wildman–Crippen LogP) is 1.21. The first-order chi connectivity index (χ1) is 8.49. The third kappa shape index (κ3) is 4.86. The molecule has 1 aromatic carbocycles. The van der Waals surface area contributed by atoms with Gasteiger partial charge in [0, 0.05) is 6.54 Å². The van der Waals surface area contributed by atoms with Crippen LogP contribution >= 0.6 is 0 Å². The van der Waals surface area contributed by atoms with Crippen LogP contribution in [0.15, 0.2) is 24.3 Å². The van der Waals surface area contributed by atoms with Crippen molar-refractivity contribution in [3.8, 4) is 5.75 Å². The molecule has 1 amide bonds. The van der Waals surface area contributed by atoms with Crippen LogP contribution in [0.5, 0.6) is 5.75 Å². The van der Waals surface area contributed by atoms with Gasteiger partial charge in [-0.15, -0.1) is 0 Å². The summed E-state index contributed by atoms with van der Waals surface area (Å²) in [6.45, 7) is 3.45. The van der Waals surface area contributed by atoms with Crippen molar-refractivity contribution in [1.82, 2.24) is 5.32 Å². The fraction of sp³-hybridized carbons (Fsp3) is 0.385. The first-order valence-corrected chi connectivity index (χ1v) is 5.68. The topological polar surface area (TPSA) is 75.6 Å². The highest BCUT2D eigenvalue weighted by Crippen LogP contribution is 2.11. The summed E-state index contributed by atoms with van der Waals surface area (Å²) in [4.78, 5) is 21.9. The average Bonchev–Trinajstić information content (AvgIpc) is 2.33. The summed E-state index contributed by atoms with van der Waals surface area (Å²) in [5.74, 6) is -1.25. The van der Waals surface area contributed by atoms with Crippen molar-refractivity contribution >= 4 is 11.9 Å². The van der Waals surface area contributed by atoms with Crippen LogP contribution < -0.4 is 10.1 Å². The third-order valence-electron chi connectivity index (χ3n) is 2.39. The Kier molecular flexibility index (Phi) is 5.17. The van der Waals surface area contributed by atoms with Crippen molar-refractivity contribution in [1.29, 1.82) is 0 Å². The third-order valence-corrected chi connectivity index (χ3v) is 2.39. The maximum absolute atomic E-state index is 11.4. The Bertz CT molecular complexity index is 431. The van der Waals surface area contributed by atoms with Crippen LogP contribution in [0, 0.1) is 12.8 Å². The molecule has 0 spiro atoms. The number of carbonyl (C=O) groups excluding carboxylic acids is 1. The van der Waals surface area contributed by atoms with E-state index in [4.69, 9.17) is 9.84 Å². The Morgan fingerprint density at radius 3 is 2.78 bits per heavy atom. The van der Waals surface area contributed by atoms with E-state index in [0.29, 0.717) is 5.75 Å². The molecule has 1 aromatic rings. The Labute approximate surface area is 106 Å². The molecule has 1 atom stereocenters. The van der Waals surface area contributed by atoms with E-state index in [2.05, 4.69) is 5.32 Å². The molecule has 0 saturated heterocycles. The number of amides is 1. The summed E-state index contributed by atoms with van der Waals surface area (Å²) in [6, 6.07) is 7.36. The van der Waals surface area contributed by atoms with Gasteiger partial charge < -0.3 is 15.2 Å². The molecule has 5 heteroatoms. The number of aliphatic carboxylic acids is 1. The molecule has 1 rings (SSSR count). The molecular weight excluding hydrogens is 234 g/mol. The fourth-order valence-corrected chi connectivity index (χ4v) is 1.26. The molecule has 1 unspecified atom stereocenters. The summed E-state index contributed by atoms with van der Waals surface area (Å²) < 4.78 is 5.28. The summed E-state index contributed by atoms with van der Waals surface area (Å²) in [6.07, 6.45) is 0. The lowest BCUT2D eigenvalue weighted by Crippen LogP contribution is -2.34. The zero-order valence-corrected chi connectivity index (χ0v) is 10.5. The van der Waals surface area contributed by atoms with Gasteiger partial charge in [-0.05, 0) is 24.6 Å². The molecule has 0 saturated carbocycles. The lowest BCUT2D eigenvalue weighted by molar-refractivity contribution is -0.141. The van der Waals surface area contributed by atoms with Crippen LogP contribution in [0.3, 0.4) is 0 Å². The van der Waals surface area contributed by atoms with Crippen molar-refractivity contribution in [2.75, 3.05) is 13.2 Å². The van der Waals surface area contributed by atoms with Gasteiger partial charge in [-0.1, -0.05) is 19.1 Å². The lowest BCUT2D eigenvalue weighted by atomic mass is 10.2. The second kappa shape index (κ2) is 6.64. The maximum atomic E-state index is 11.4. The number of carboxylic acid groups (broad SMARTS) is 1. The van der Waals surface area contributed by atoms with Gasteiger partial charge in [0.05, 0.1) is 5.92 Å². The van der Waals surface area contributed by atoms with E-state index in [1.807, 2.05) is 25.1 Å². The molecule has 98 valence electrons. The predicted molar refractivity (Wildman–Crippen MR) is 66.5 cm³/mol. The minimum absolute atomic E-state index is 0.103. The van der Waals surface area contributed by atoms with Crippen molar-refractivity contribution in [2.24, 2.45) is 5.92 Å². The molecule has 0 aromatic heterocycles. The number of benzene rings is 1. The van der Waals surface area contributed by atoms with Crippen molar-refractivity contribution in [2.45, 2.75) is 13.8 Å². The molecule has 0 bridgehead atoms. The minimum Gasteiger partial charge on any atom is -0.484 e. The average molecular weight is 251 g/mol. The number of aryl methyl sites for hydroxylation is 1. The molecule has 0 fully saturated rings. The molecular formula is C13H17NO4. The number of carboxylic acids is 1. The van der Waals surface area contributed by atoms with Crippen molar-refractivity contribution in [3.63, 3.8) is 0 Å². The van der Waals surface area contributed by atoms with E-state index in [1.165, 1.54) is 6.92 Å². The summed E-state index contributed by atoms with van der Waals surface area (Å²) in [7, 11) is 0. The number of rotatable bonds is 6. The van der Waals surface area contributed by atoms with Gasteiger partial charge in [-0.3, -0.25) is 9.59 Å². The molecule has 0 aliphatic carbocycles. The monoisotopic (exact) mass is 251 g/mol. The largest absolute Gasteiger partial charge is 0.484 e. The lowest BCUT2D eigenvalue weighted by Gasteiger charge is -2.09. The molecule has 0 aliphatic rings. The normalized spacial score (nSPS) is 11.7. The highest BCUT2D eigenvalue weighted by molar-refractivity contribution is 5.78. The Hall–Kier alpha value is -2.04. The van der Waals surface area contributed by atoms with E-state index in [-0.39, 0.29) is 19.1 Å². The van der Waals surface area contributed by atoms with Gasteiger partial charge in [0.1, 0.15) is 5.75 Å². The van der Waals surface area contributed by atoms with Crippen LogP contribution in [0.4, 0.5) is 0 Å². The molecule has 0 aliphatic heterocycles. The van der Waals surface area contributed by atoms with Gasteiger partial charge in [-0.2, -0.15) is 0 Å². The Balaban J connectivity index is 2.31. The van der Waals surface area contributed by atoms with Gasteiger partial charge in [0.2, 0.25) is 0 Å². The minimum atomic E-state index is -0.935. The number of hydrogen-bond donors (Lipinski definition) is 2. The molecule has 0 heterocycles. The van der Waals surface area contributed by atoms with E-state index < -0.39 is 11.9 Å². The standard InChI is InChI=1S/C13H17NO4/c1-9-4-3-5-11(6-9)18-8-12(15)14-7-10(2)13(16)17/h3-6,10H,7-8H2,1-2H3,(H,14,15)(H,16,17). The summed E-state index contributed by atoms with van der Waals surface area (Å²) >= 11 is 0. The highest BCUT2D eigenvalue weighted by atomic mass is 16.5. The van der Waals surface area contributed by atoms with Crippen LogP contribution in [-0.4, -0.2) is 30.1 Å². The van der Waals surface area contributed by atoms with Crippen molar-refractivity contribution < 1.29 is 19.4 Å². The van der Waals surface area contributed by atoms with Crippen molar-refractivity contribution in [3.05, 3.63) is 29.8 Å². The Morgan fingerprint density at radius 2 is 2.17 bits per heavy atom. The SMILES string of the molecule is Cc1cccc(OCC(=O)NCC(C)C(=O)O)c1. The first kappa shape index (κ1) is 14.0. The van der Waals surface area contributed by atoms with Crippen LogP contribution in [-0.2, 0) is 9.59 Å². The van der Waals surface area contributed by atoms with Crippen LogP contribution in [0.25, 0.3) is 0 Å². The number of nitrogens with one attached hydrogen (secondary N) is 1. The quantitative estimate of drug-likeness (QED) is 0.796. The zero-order valence-electron chi connectivity index (χ0n) is 10.5. The maximum Gasteiger partial charge on any atom is 0.308 e. The van der Waals surface area contributed by atoms with Gasteiger partial charge in [0.25, 0.3) is 5.91 Å².